The molecule has 0 fully saturated rings. The van der Waals surface area contributed by atoms with Crippen LogP contribution in [0, 0.1) is 0 Å². The first-order valence-electron chi connectivity index (χ1n) is 8.08. The summed E-state index contributed by atoms with van der Waals surface area (Å²) in [5.41, 5.74) is 2.46. The summed E-state index contributed by atoms with van der Waals surface area (Å²) in [6.07, 6.45) is 3.19. The van der Waals surface area contributed by atoms with E-state index >= 15 is 0 Å². The molecule has 1 aromatic carbocycles. The molecule has 0 saturated carbocycles. The second kappa shape index (κ2) is 7.65. The highest BCUT2D eigenvalue weighted by Gasteiger charge is 2.14. The first kappa shape index (κ1) is 18.1. The quantitative estimate of drug-likeness (QED) is 0.504. The summed E-state index contributed by atoms with van der Waals surface area (Å²) in [4.78, 5) is 22.3. The van der Waals surface area contributed by atoms with Crippen LogP contribution in [0.25, 0.3) is 16.9 Å². The topological polar surface area (TPSA) is 69.0 Å². The molecule has 136 valence electrons. The smallest absolute Gasteiger partial charge is 0.414 e. The van der Waals surface area contributed by atoms with Crippen LogP contribution in [-0.4, -0.2) is 52.3 Å². The number of imidazole rings is 1. The van der Waals surface area contributed by atoms with E-state index in [1.807, 2.05) is 22.7 Å². The third-order valence-electron chi connectivity index (χ3n) is 3.65. The van der Waals surface area contributed by atoms with Gasteiger partial charge in [-0.25, -0.2) is 14.8 Å². The van der Waals surface area contributed by atoms with Gasteiger partial charge in [0.05, 0.1) is 12.8 Å². The van der Waals surface area contributed by atoms with Crippen LogP contribution in [0.4, 0.5) is 4.79 Å². The van der Waals surface area contributed by atoms with Crippen LogP contribution in [0.2, 0.25) is 0 Å². The number of nitrogens with zero attached hydrogens (tertiary/aromatic N) is 4. The van der Waals surface area contributed by atoms with Gasteiger partial charge >= 0.3 is 6.09 Å². The second-order valence-electron chi connectivity index (χ2n) is 5.64. The van der Waals surface area contributed by atoms with Crippen LogP contribution in [0.3, 0.4) is 0 Å². The second-order valence-corrected chi connectivity index (χ2v) is 6.87. The highest BCUT2D eigenvalue weighted by Crippen LogP contribution is 2.33. The molecular formula is C18H20N4O3S. The van der Waals surface area contributed by atoms with Crippen molar-refractivity contribution in [2.75, 3.05) is 27.0 Å². The van der Waals surface area contributed by atoms with Crippen molar-refractivity contribution in [1.82, 2.24) is 19.3 Å². The zero-order chi connectivity index (χ0) is 18.7. The molecule has 0 spiro atoms. The lowest BCUT2D eigenvalue weighted by molar-refractivity contribution is 0.170. The van der Waals surface area contributed by atoms with Gasteiger partial charge in [0.2, 0.25) is 0 Å². The van der Waals surface area contributed by atoms with Crippen molar-refractivity contribution >= 4 is 23.5 Å². The van der Waals surface area contributed by atoms with E-state index in [0.717, 1.165) is 27.8 Å². The van der Waals surface area contributed by atoms with Crippen LogP contribution in [-0.2, 0) is 0 Å². The van der Waals surface area contributed by atoms with Crippen molar-refractivity contribution in [2.45, 2.75) is 12.1 Å². The number of carbonyl (C=O) groups excluding carboxylic acids is 1. The van der Waals surface area contributed by atoms with Crippen molar-refractivity contribution in [3.05, 3.63) is 36.7 Å². The molecule has 2 aromatic heterocycles. The number of hydrogen-bond donors (Lipinski definition) is 0. The van der Waals surface area contributed by atoms with Gasteiger partial charge in [-0.2, -0.15) is 0 Å². The molecule has 0 radical (unpaired) electrons. The molecule has 0 N–H and O–H groups in total. The normalized spacial score (nSPS) is 10.8. The third-order valence-corrected chi connectivity index (χ3v) is 4.49. The van der Waals surface area contributed by atoms with Crippen LogP contribution in [0.15, 0.2) is 41.8 Å². The summed E-state index contributed by atoms with van der Waals surface area (Å²) < 4.78 is 12.7. The summed E-state index contributed by atoms with van der Waals surface area (Å²) >= 11 is 1.65. The van der Waals surface area contributed by atoms with Crippen LogP contribution >= 0.6 is 11.8 Å². The lowest BCUT2D eigenvalue weighted by Gasteiger charge is -2.14. The molecule has 3 aromatic rings. The minimum atomic E-state index is -0.463. The molecule has 0 aliphatic heterocycles. The van der Waals surface area contributed by atoms with E-state index in [9.17, 15) is 4.79 Å². The van der Waals surface area contributed by atoms with E-state index in [2.05, 4.69) is 11.9 Å². The van der Waals surface area contributed by atoms with Gasteiger partial charge in [0.15, 0.2) is 16.7 Å². The van der Waals surface area contributed by atoms with Crippen LogP contribution in [0.1, 0.15) is 6.92 Å². The maximum Gasteiger partial charge on any atom is 0.414 e. The zero-order valence-electron chi connectivity index (χ0n) is 15.1. The number of aromatic nitrogens is 3. The van der Waals surface area contributed by atoms with Crippen LogP contribution in [0.5, 0.6) is 11.5 Å². The highest BCUT2D eigenvalue weighted by atomic mass is 32.2. The third kappa shape index (κ3) is 3.60. The molecule has 0 saturated heterocycles. The van der Waals surface area contributed by atoms with Gasteiger partial charge in [0, 0.05) is 38.1 Å². The van der Waals surface area contributed by atoms with Crippen molar-refractivity contribution in [3.8, 4) is 22.8 Å². The monoisotopic (exact) mass is 372 g/mol. The number of fused-ring (bicyclic) bond motifs is 1. The first-order valence-corrected chi connectivity index (χ1v) is 9.06. The van der Waals surface area contributed by atoms with Gasteiger partial charge in [-0.15, -0.1) is 0 Å². The Morgan fingerprint density at radius 3 is 2.77 bits per heavy atom. The fraction of sp³-hybridized carbons (Fsp3) is 0.278. The summed E-state index contributed by atoms with van der Waals surface area (Å²) in [5.74, 6) is 1.74. The molecule has 0 bridgehead atoms. The minimum Gasteiger partial charge on any atom is -0.493 e. The number of methoxy groups -OCH3 is 1. The predicted octanol–water partition coefficient (Wildman–Crippen LogP) is 3.58. The highest BCUT2D eigenvalue weighted by molar-refractivity contribution is 7.99. The summed E-state index contributed by atoms with van der Waals surface area (Å²) in [5, 5.41) is 0.875. The Labute approximate surface area is 156 Å². The zero-order valence-corrected chi connectivity index (χ0v) is 15.9. The van der Waals surface area contributed by atoms with Gasteiger partial charge in [-0.3, -0.25) is 4.40 Å². The Morgan fingerprint density at radius 2 is 2.08 bits per heavy atom. The maximum absolute atomic E-state index is 11.8. The van der Waals surface area contributed by atoms with E-state index in [1.165, 1.54) is 12.0 Å². The fourth-order valence-electron chi connectivity index (χ4n) is 2.37. The van der Waals surface area contributed by atoms with Gasteiger partial charge in [-0.05, 0) is 24.0 Å². The van der Waals surface area contributed by atoms with E-state index in [0.29, 0.717) is 11.5 Å². The number of thioether (sulfide) groups is 1. The summed E-state index contributed by atoms with van der Waals surface area (Å²) in [6, 6.07) is 7.28. The molecule has 1 amide bonds. The lowest BCUT2D eigenvalue weighted by atomic mass is 10.1. The van der Waals surface area contributed by atoms with E-state index < -0.39 is 6.09 Å². The number of carbonyl (C=O) groups is 1. The predicted molar refractivity (Wildman–Crippen MR) is 101 cm³/mol. The largest absolute Gasteiger partial charge is 0.493 e. The Balaban J connectivity index is 2.01. The van der Waals surface area contributed by atoms with Crippen molar-refractivity contribution < 1.29 is 14.3 Å². The average molecular weight is 372 g/mol. The Kier molecular flexibility index (Phi) is 5.32. The lowest BCUT2D eigenvalue weighted by Crippen LogP contribution is -2.25. The average Bonchev–Trinajstić information content (AvgIpc) is 3.11. The van der Waals surface area contributed by atoms with Gasteiger partial charge in [0.25, 0.3) is 0 Å². The van der Waals surface area contributed by atoms with Crippen molar-refractivity contribution in [2.24, 2.45) is 0 Å². The van der Waals surface area contributed by atoms with Gasteiger partial charge < -0.3 is 14.4 Å². The fourth-order valence-corrected chi connectivity index (χ4v) is 3.08. The number of rotatable bonds is 5. The SMILES string of the molecule is CCSc1nc(-c2ccc(OC(=O)N(C)C)c(OC)c2)cc2nccn12. The van der Waals surface area contributed by atoms with Gasteiger partial charge in [0.1, 0.15) is 5.65 Å². The molecule has 2 heterocycles. The van der Waals surface area contributed by atoms with Gasteiger partial charge in [-0.1, -0.05) is 18.7 Å². The molecule has 3 rings (SSSR count). The minimum absolute atomic E-state index is 0.361. The maximum atomic E-state index is 11.8. The Bertz CT molecular complexity index is 939. The molecule has 0 aliphatic carbocycles. The summed E-state index contributed by atoms with van der Waals surface area (Å²) in [7, 11) is 4.79. The molecule has 0 atom stereocenters. The summed E-state index contributed by atoms with van der Waals surface area (Å²) in [6.45, 7) is 2.08. The van der Waals surface area contributed by atoms with Crippen LogP contribution < -0.4 is 9.47 Å². The first-order chi connectivity index (χ1) is 12.5. The van der Waals surface area contributed by atoms with E-state index in [1.54, 1.807) is 44.2 Å². The molecule has 8 heteroatoms. The number of benzene rings is 1. The number of ether oxygens (including phenoxy) is 2. The molecule has 26 heavy (non-hydrogen) atoms. The standard InChI is InChI=1S/C18H20N4O3S/c1-5-26-17-20-13(11-16-19-8-9-22(16)17)12-6-7-14(15(10-12)24-4)25-18(23)21(2)3/h6-11H,5H2,1-4H3. The van der Waals surface area contributed by atoms with Crippen molar-refractivity contribution in [3.63, 3.8) is 0 Å². The molecule has 0 unspecified atom stereocenters. The molecular weight excluding hydrogens is 352 g/mol. The van der Waals surface area contributed by atoms with E-state index in [4.69, 9.17) is 14.5 Å². The Hall–Kier alpha value is -2.74. The molecule has 7 nitrogen and oxygen atoms in total. The number of amides is 1. The van der Waals surface area contributed by atoms with E-state index in [-0.39, 0.29) is 0 Å². The van der Waals surface area contributed by atoms with Crippen molar-refractivity contribution in [1.29, 1.82) is 0 Å². The number of hydrogen-bond acceptors (Lipinski definition) is 6. The Morgan fingerprint density at radius 1 is 1.27 bits per heavy atom. The molecule has 0 aliphatic rings.